The average molecular weight is 324 g/mol. The first-order chi connectivity index (χ1) is 9.84. The smallest absolute Gasteiger partial charge is 0.230 e. The standard InChI is InChI=1S/C14H16N2OS3/c17-13(11-20-12-5-2-1-3-6-12)15-7-4-9-18-14-16-8-10-19-14/h1-3,5-6,8,10H,4,7,9,11H2,(H,15,17). The van der Waals surface area contributed by atoms with Crippen LogP contribution in [0.2, 0.25) is 0 Å². The lowest BCUT2D eigenvalue weighted by molar-refractivity contribution is -0.118. The van der Waals surface area contributed by atoms with Gasteiger partial charge in [-0.05, 0) is 18.6 Å². The van der Waals surface area contributed by atoms with Gasteiger partial charge in [0, 0.05) is 28.8 Å². The first-order valence-electron chi connectivity index (χ1n) is 6.31. The molecule has 2 rings (SSSR count). The van der Waals surface area contributed by atoms with E-state index in [4.69, 9.17) is 0 Å². The molecule has 0 radical (unpaired) electrons. The lowest BCUT2D eigenvalue weighted by Gasteiger charge is -2.04. The first kappa shape index (κ1) is 15.4. The van der Waals surface area contributed by atoms with Gasteiger partial charge in [-0.15, -0.1) is 23.1 Å². The van der Waals surface area contributed by atoms with Crippen molar-refractivity contribution in [3.63, 3.8) is 0 Å². The van der Waals surface area contributed by atoms with Crippen LogP contribution < -0.4 is 5.32 Å². The summed E-state index contributed by atoms with van der Waals surface area (Å²) in [4.78, 5) is 17.0. The van der Waals surface area contributed by atoms with Gasteiger partial charge in [-0.25, -0.2) is 4.98 Å². The van der Waals surface area contributed by atoms with Crippen molar-refractivity contribution in [2.75, 3.05) is 18.1 Å². The number of thiazole rings is 1. The number of hydrogen-bond acceptors (Lipinski definition) is 5. The molecule has 6 heteroatoms. The summed E-state index contributed by atoms with van der Waals surface area (Å²) in [7, 11) is 0. The molecule has 1 aromatic carbocycles. The van der Waals surface area contributed by atoms with E-state index >= 15 is 0 Å². The molecule has 0 fully saturated rings. The van der Waals surface area contributed by atoms with E-state index < -0.39 is 0 Å². The quantitative estimate of drug-likeness (QED) is 0.596. The topological polar surface area (TPSA) is 42.0 Å². The molecule has 106 valence electrons. The third kappa shape index (κ3) is 5.98. The Kier molecular flexibility index (Phi) is 6.97. The van der Waals surface area contributed by atoms with Crippen LogP contribution in [-0.4, -0.2) is 28.9 Å². The molecule has 20 heavy (non-hydrogen) atoms. The Morgan fingerprint density at radius 1 is 1.25 bits per heavy atom. The maximum Gasteiger partial charge on any atom is 0.230 e. The summed E-state index contributed by atoms with van der Waals surface area (Å²) in [6.07, 6.45) is 2.78. The van der Waals surface area contributed by atoms with Crippen molar-refractivity contribution < 1.29 is 4.79 Å². The van der Waals surface area contributed by atoms with E-state index in [1.807, 2.05) is 41.9 Å². The second kappa shape index (κ2) is 9.05. The number of hydrogen-bond donors (Lipinski definition) is 1. The number of carbonyl (C=O) groups excluding carboxylic acids is 1. The number of aromatic nitrogens is 1. The summed E-state index contributed by atoms with van der Waals surface area (Å²) in [5.41, 5.74) is 0. The third-order valence-corrected chi connectivity index (χ3v) is 5.46. The molecule has 1 N–H and O–H groups in total. The molecule has 2 aromatic rings. The molecule has 0 unspecified atom stereocenters. The number of carbonyl (C=O) groups is 1. The highest BCUT2D eigenvalue weighted by Crippen LogP contribution is 2.20. The predicted octanol–water partition coefficient (Wildman–Crippen LogP) is 3.53. The van der Waals surface area contributed by atoms with Crippen LogP contribution in [0.25, 0.3) is 0 Å². The fourth-order valence-corrected chi connectivity index (χ4v) is 3.85. The molecule has 0 spiro atoms. The number of benzene rings is 1. The number of thioether (sulfide) groups is 2. The number of rotatable bonds is 8. The van der Waals surface area contributed by atoms with Gasteiger partial charge >= 0.3 is 0 Å². The summed E-state index contributed by atoms with van der Waals surface area (Å²) >= 11 is 4.96. The van der Waals surface area contributed by atoms with Crippen LogP contribution in [0.15, 0.2) is 51.1 Å². The van der Waals surface area contributed by atoms with Crippen molar-refractivity contribution >= 4 is 40.8 Å². The Labute approximate surface area is 131 Å². The van der Waals surface area contributed by atoms with Gasteiger partial charge in [0.15, 0.2) is 0 Å². The number of nitrogens with one attached hydrogen (secondary N) is 1. The summed E-state index contributed by atoms with van der Waals surface area (Å²) in [6, 6.07) is 9.97. The molecule has 1 amide bonds. The van der Waals surface area contributed by atoms with E-state index in [9.17, 15) is 4.79 Å². The van der Waals surface area contributed by atoms with E-state index in [-0.39, 0.29) is 5.91 Å². The fraction of sp³-hybridized carbons (Fsp3) is 0.286. The Balaban J connectivity index is 1.52. The maximum absolute atomic E-state index is 11.7. The summed E-state index contributed by atoms with van der Waals surface area (Å²) in [5.74, 6) is 1.56. The lowest BCUT2D eigenvalue weighted by Crippen LogP contribution is -2.26. The lowest BCUT2D eigenvalue weighted by atomic mass is 10.4. The normalized spacial score (nSPS) is 10.4. The minimum absolute atomic E-state index is 0.0955. The second-order valence-corrected chi connectivity index (χ2v) is 7.24. The molecule has 1 heterocycles. The molecule has 0 aliphatic rings. The largest absolute Gasteiger partial charge is 0.355 e. The Bertz CT molecular complexity index is 502. The first-order valence-corrected chi connectivity index (χ1v) is 9.16. The van der Waals surface area contributed by atoms with Crippen molar-refractivity contribution in [3.8, 4) is 0 Å². The van der Waals surface area contributed by atoms with E-state index in [2.05, 4.69) is 10.3 Å². The molecule has 0 bridgehead atoms. The molecule has 0 saturated heterocycles. The molecule has 0 aliphatic heterocycles. The monoisotopic (exact) mass is 324 g/mol. The summed E-state index contributed by atoms with van der Waals surface area (Å²) in [6.45, 7) is 0.729. The van der Waals surface area contributed by atoms with Gasteiger partial charge in [0.1, 0.15) is 4.34 Å². The predicted molar refractivity (Wildman–Crippen MR) is 87.6 cm³/mol. The molecular weight excluding hydrogens is 308 g/mol. The van der Waals surface area contributed by atoms with Crippen LogP contribution in [-0.2, 0) is 4.79 Å². The van der Waals surface area contributed by atoms with Gasteiger partial charge in [0.25, 0.3) is 0 Å². The molecular formula is C14H16N2OS3. The molecule has 0 saturated carbocycles. The van der Waals surface area contributed by atoms with E-state index in [0.29, 0.717) is 5.75 Å². The van der Waals surface area contributed by atoms with Gasteiger partial charge in [0.05, 0.1) is 5.75 Å². The zero-order chi connectivity index (χ0) is 14.0. The third-order valence-electron chi connectivity index (χ3n) is 2.39. The molecule has 0 aliphatic carbocycles. The molecule has 3 nitrogen and oxygen atoms in total. The SMILES string of the molecule is O=C(CSc1ccccc1)NCCCSc1nccs1. The van der Waals surface area contributed by atoms with Gasteiger partial charge in [-0.1, -0.05) is 30.0 Å². The number of nitrogens with zero attached hydrogens (tertiary/aromatic N) is 1. The maximum atomic E-state index is 11.7. The van der Waals surface area contributed by atoms with Crippen LogP contribution in [0, 0.1) is 0 Å². The van der Waals surface area contributed by atoms with Crippen molar-refractivity contribution in [2.24, 2.45) is 0 Å². The zero-order valence-corrected chi connectivity index (χ0v) is 13.4. The highest BCUT2D eigenvalue weighted by molar-refractivity contribution is 8.01. The Morgan fingerprint density at radius 2 is 2.10 bits per heavy atom. The van der Waals surface area contributed by atoms with Gasteiger partial charge in [-0.2, -0.15) is 0 Å². The zero-order valence-electron chi connectivity index (χ0n) is 11.0. The van der Waals surface area contributed by atoms with E-state index in [1.54, 1.807) is 34.9 Å². The van der Waals surface area contributed by atoms with Crippen LogP contribution in [0.4, 0.5) is 0 Å². The van der Waals surface area contributed by atoms with Gasteiger partial charge in [-0.3, -0.25) is 4.79 Å². The average Bonchev–Trinajstić information content (AvgIpc) is 2.99. The van der Waals surface area contributed by atoms with Crippen molar-refractivity contribution in [2.45, 2.75) is 15.7 Å². The second-order valence-electron chi connectivity index (χ2n) is 3.95. The highest BCUT2D eigenvalue weighted by Gasteiger charge is 2.02. The highest BCUT2D eigenvalue weighted by atomic mass is 32.2. The van der Waals surface area contributed by atoms with E-state index in [1.165, 1.54) is 0 Å². The van der Waals surface area contributed by atoms with Crippen LogP contribution >= 0.6 is 34.9 Å². The molecule has 1 aromatic heterocycles. The van der Waals surface area contributed by atoms with Crippen LogP contribution in [0.5, 0.6) is 0 Å². The summed E-state index contributed by atoms with van der Waals surface area (Å²) in [5, 5.41) is 4.92. The van der Waals surface area contributed by atoms with Crippen molar-refractivity contribution in [1.29, 1.82) is 0 Å². The number of amides is 1. The van der Waals surface area contributed by atoms with E-state index in [0.717, 1.165) is 28.0 Å². The minimum atomic E-state index is 0.0955. The van der Waals surface area contributed by atoms with Gasteiger partial charge < -0.3 is 5.32 Å². The van der Waals surface area contributed by atoms with Crippen molar-refractivity contribution in [3.05, 3.63) is 41.9 Å². The van der Waals surface area contributed by atoms with Gasteiger partial charge in [0.2, 0.25) is 5.91 Å². The van der Waals surface area contributed by atoms with Crippen LogP contribution in [0.3, 0.4) is 0 Å². The Morgan fingerprint density at radius 3 is 2.85 bits per heavy atom. The molecule has 0 atom stereocenters. The fourth-order valence-electron chi connectivity index (χ4n) is 1.46. The Hall–Kier alpha value is -0.980. The minimum Gasteiger partial charge on any atom is -0.355 e. The summed E-state index contributed by atoms with van der Waals surface area (Å²) < 4.78 is 1.09. The van der Waals surface area contributed by atoms with Crippen molar-refractivity contribution in [1.82, 2.24) is 10.3 Å². The van der Waals surface area contributed by atoms with Crippen LogP contribution in [0.1, 0.15) is 6.42 Å².